The van der Waals surface area contributed by atoms with Crippen molar-refractivity contribution < 1.29 is 15.0 Å². The van der Waals surface area contributed by atoms with Gasteiger partial charge in [0.05, 0.1) is 10.5 Å². The van der Waals surface area contributed by atoms with Crippen LogP contribution in [0, 0.1) is 20.2 Å². The third-order valence-corrected chi connectivity index (χ3v) is 1.81. The minimum Gasteiger partial charge on any atom is -0.381 e. The maximum Gasteiger partial charge on any atom is 0.275 e. The summed E-state index contributed by atoms with van der Waals surface area (Å²) in [7, 11) is 0. The molecule has 0 spiro atoms. The summed E-state index contributed by atoms with van der Waals surface area (Å²) in [4.78, 5) is 19.3. The fourth-order valence-corrected chi connectivity index (χ4v) is 1.18. The number of benzene rings is 1. The topological polar surface area (TPSA) is 107 Å². The quantitative estimate of drug-likeness (QED) is 0.589. The summed E-state index contributed by atoms with van der Waals surface area (Å²) in [6, 6.07) is 5.40. The van der Waals surface area contributed by atoms with Gasteiger partial charge >= 0.3 is 0 Å². The number of rotatable bonds is 4. The summed E-state index contributed by atoms with van der Waals surface area (Å²) >= 11 is 0. The largest absolute Gasteiger partial charge is 0.381 e. The third kappa shape index (κ3) is 2.71. The number of hydrogen-bond acceptors (Lipinski definition) is 5. The average molecular weight is 212 g/mol. The Hall–Kier alpha value is -2.02. The molecule has 1 atom stereocenters. The van der Waals surface area contributed by atoms with E-state index in [1.165, 1.54) is 24.3 Å². The van der Waals surface area contributed by atoms with Crippen LogP contribution < -0.4 is 0 Å². The molecule has 7 nitrogen and oxygen atoms in total. The number of para-hydroxylation sites is 1. The zero-order chi connectivity index (χ0) is 11.4. The Morgan fingerprint density at radius 3 is 2.40 bits per heavy atom. The third-order valence-electron chi connectivity index (χ3n) is 1.81. The molecule has 0 bridgehead atoms. The fraction of sp³-hybridized carbons (Fsp3) is 0.250. The molecule has 80 valence electrons. The summed E-state index contributed by atoms with van der Waals surface area (Å²) < 4.78 is 0. The zero-order valence-electron chi connectivity index (χ0n) is 7.57. The van der Waals surface area contributed by atoms with Gasteiger partial charge in [-0.15, -0.1) is 0 Å². The van der Waals surface area contributed by atoms with Gasteiger partial charge in [-0.1, -0.05) is 12.1 Å². The van der Waals surface area contributed by atoms with E-state index in [1.54, 1.807) is 0 Å². The van der Waals surface area contributed by atoms with E-state index in [-0.39, 0.29) is 11.3 Å². The van der Waals surface area contributed by atoms with Gasteiger partial charge < -0.3 is 5.11 Å². The summed E-state index contributed by atoms with van der Waals surface area (Å²) in [6.45, 7) is -0.745. The Labute approximate surface area is 84.3 Å². The number of nitrogens with zero attached hydrogens (tertiary/aromatic N) is 2. The molecule has 0 unspecified atom stereocenters. The molecule has 7 heteroatoms. The Kier molecular flexibility index (Phi) is 3.29. The molecule has 1 aromatic rings. The Morgan fingerprint density at radius 1 is 1.27 bits per heavy atom. The van der Waals surface area contributed by atoms with Crippen LogP contribution in [0.3, 0.4) is 0 Å². The molecule has 0 aliphatic heterocycles. The van der Waals surface area contributed by atoms with Gasteiger partial charge in [-0.05, 0) is 6.07 Å². The molecule has 0 aliphatic carbocycles. The van der Waals surface area contributed by atoms with E-state index in [1.807, 2.05) is 0 Å². The lowest BCUT2D eigenvalue weighted by Gasteiger charge is -2.06. The lowest BCUT2D eigenvalue weighted by Crippen LogP contribution is -2.13. The standard InChI is InChI=1S/C8H8N2O5/c11-8(5-9(12)13)6-3-1-2-4-7(6)10(14)15/h1-4,8,11H,5H2/t8-/m1/s1. The normalized spacial score (nSPS) is 12.1. The van der Waals surface area contributed by atoms with E-state index >= 15 is 0 Å². The lowest BCUT2D eigenvalue weighted by molar-refractivity contribution is -0.492. The van der Waals surface area contributed by atoms with Gasteiger partial charge in [-0.3, -0.25) is 20.2 Å². The molecule has 0 heterocycles. The van der Waals surface area contributed by atoms with E-state index in [4.69, 9.17) is 0 Å². The molecule has 1 aromatic carbocycles. The van der Waals surface area contributed by atoms with E-state index in [2.05, 4.69) is 0 Å². The molecule has 0 saturated carbocycles. The van der Waals surface area contributed by atoms with Crippen molar-refractivity contribution in [2.45, 2.75) is 6.10 Å². The molecule has 15 heavy (non-hydrogen) atoms. The van der Waals surface area contributed by atoms with Crippen molar-refractivity contribution in [2.75, 3.05) is 6.54 Å². The molecule has 0 fully saturated rings. The van der Waals surface area contributed by atoms with Crippen molar-refractivity contribution in [1.29, 1.82) is 0 Å². The predicted molar refractivity (Wildman–Crippen MR) is 49.9 cm³/mol. The van der Waals surface area contributed by atoms with Crippen molar-refractivity contribution in [3.63, 3.8) is 0 Å². The second-order valence-electron chi connectivity index (χ2n) is 2.85. The first-order valence-electron chi connectivity index (χ1n) is 4.05. The molecular formula is C8H8N2O5. The van der Waals surface area contributed by atoms with Crippen LogP contribution in [-0.2, 0) is 0 Å². The maximum absolute atomic E-state index is 10.5. The van der Waals surface area contributed by atoms with Gasteiger partial charge in [0.2, 0.25) is 6.54 Å². The number of nitro groups is 2. The van der Waals surface area contributed by atoms with Crippen molar-refractivity contribution in [2.24, 2.45) is 0 Å². The van der Waals surface area contributed by atoms with Crippen molar-refractivity contribution in [3.05, 3.63) is 50.1 Å². The highest BCUT2D eigenvalue weighted by atomic mass is 16.6. The number of aliphatic hydroxyl groups is 1. The van der Waals surface area contributed by atoms with Crippen LogP contribution in [0.5, 0.6) is 0 Å². The van der Waals surface area contributed by atoms with E-state index in [0.29, 0.717) is 0 Å². The number of nitro benzene ring substituents is 1. The second kappa shape index (κ2) is 4.47. The fourth-order valence-electron chi connectivity index (χ4n) is 1.18. The highest BCUT2D eigenvalue weighted by molar-refractivity contribution is 5.41. The van der Waals surface area contributed by atoms with Gasteiger partial charge in [0, 0.05) is 11.0 Å². The van der Waals surface area contributed by atoms with Gasteiger partial charge in [0.25, 0.3) is 5.69 Å². The molecule has 0 aromatic heterocycles. The van der Waals surface area contributed by atoms with Gasteiger partial charge in [-0.25, -0.2) is 0 Å². The minimum absolute atomic E-state index is 0.0424. The average Bonchev–Trinajstić information content (AvgIpc) is 2.16. The summed E-state index contributed by atoms with van der Waals surface area (Å²) in [5.74, 6) is 0. The first-order chi connectivity index (χ1) is 7.02. The Bertz CT molecular complexity index is 392. The van der Waals surface area contributed by atoms with Crippen molar-refractivity contribution in [3.8, 4) is 0 Å². The molecule has 0 radical (unpaired) electrons. The predicted octanol–water partition coefficient (Wildman–Crippen LogP) is 0.905. The van der Waals surface area contributed by atoms with Gasteiger partial charge in [0.1, 0.15) is 6.10 Å². The highest BCUT2D eigenvalue weighted by Gasteiger charge is 2.23. The lowest BCUT2D eigenvalue weighted by atomic mass is 10.1. The molecular weight excluding hydrogens is 204 g/mol. The number of aliphatic hydroxyl groups excluding tert-OH is 1. The molecule has 0 amide bonds. The van der Waals surface area contributed by atoms with Crippen LogP contribution in [-0.4, -0.2) is 21.5 Å². The van der Waals surface area contributed by atoms with Crippen LogP contribution in [0.15, 0.2) is 24.3 Å². The van der Waals surface area contributed by atoms with E-state index in [0.717, 1.165) is 0 Å². The van der Waals surface area contributed by atoms with Crippen LogP contribution in [0.25, 0.3) is 0 Å². The van der Waals surface area contributed by atoms with Crippen LogP contribution in [0.4, 0.5) is 5.69 Å². The first-order valence-corrected chi connectivity index (χ1v) is 4.05. The van der Waals surface area contributed by atoms with Crippen molar-refractivity contribution in [1.82, 2.24) is 0 Å². The van der Waals surface area contributed by atoms with Crippen molar-refractivity contribution >= 4 is 5.69 Å². The SMILES string of the molecule is O=[N+]([O-])C[C@@H](O)c1ccccc1[N+](=O)[O-]. The monoisotopic (exact) mass is 212 g/mol. The van der Waals surface area contributed by atoms with Gasteiger partial charge in [0.15, 0.2) is 0 Å². The van der Waals surface area contributed by atoms with Gasteiger partial charge in [-0.2, -0.15) is 0 Å². The summed E-state index contributed by atoms with van der Waals surface area (Å²) in [5, 5.41) is 30.1. The summed E-state index contributed by atoms with van der Waals surface area (Å²) in [6.07, 6.45) is -1.46. The smallest absolute Gasteiger partial charge is 0.275 e. The number of hydrogen-bond donors (Lipinski definition) is 1. The van der Waals surface area contributed by atoms with E-state index in [9.17, 15) is 25.3 Å². The van der Waals surface area contributed by atoms with E-state index < -0.39 is 22.5 Å². The highest BCUT2D eigenvalue weighted by Crippen LogP contribution is 2.24. The first kappa shape index (κ1) is 11.1. The van der Waals surface area contributed by atoms with Crippen LogP contribution >= 0.6 is 0 Å². The molecule has 1 N–H and O–H groups in total. The zero-order valence-corrected chi connectivity index (χ0v) is 7.57. The summed E-state index contributed by atoms with van der Waals surface area (Å²) in [5.41, 5.74) is -0.356. The molecule has 0 aliphatic rings. The Morgan fingerprint density at radius 2 is 1.87 bits per heavy atom. The van der Waals surface area contributed by atoms with Crippen LogP contribution in [0.1, 0.15) is 11.7 Å². The molecule has 0 saturated heterocycles. The Balaban J connectivity index is 3.02. The maximum atomic E-state index is 10.5. The molecule has 1 rings (SSSR count). The second-order valence-corrected chi connectivity index (χ2v) is 2.85. The van der Waals surface area contributed by atoms with Crippen LogP contribution in [0.2, 0.25) is 0 Å². The minimum atomic E-state index is -1.46.